The van der Waals surface area contributed by atoms with E-state index in [0.717, 1.165) is 9.58 Å². The van der Waals surface area contributed by atoms with Crippen LogP contribution in [0.4, 0.5) is 5.69 Å². The smallest absolute Gasteiger partial charge is 0.276 e. The number of benzene rings is 2. The van der Waals surface area contributed by atoms with Gasteiger partial charge in [0, 0.05) is 28.6 Å². The molecule has 1 heterocycles. The molecule has 1 amide bonds. The van der Waals surface area contributed by atoms with Crippen molar-refractivity contribution in [2.75, 3.05) is 5.32 Å². The average Bonchev–Trinajstić information content (AvgIpc) is 2.61. The van der Waals surface area contributed by atoms with E-state index >= 15 is 0 Å². The summed E-state index contributed by atoms with van der Waals surface area (Å²) in [7, 11) is 1.51. The Morgan fingerprint density at radius 3 is 2.42 bits per heavy atom. The predicted octanol–water partition coefficient (Wildman–Crippen LogP) is 3.80. The van der Waals surface area contributed by atoms with Gasteiger partial charge in [0.25, 0.3) is 11.5 Å². The Morgan fingerprint density at radius 2 is 1.77 bits per heavy atom. The van der Waals surface area contributed by atoms with Gasteiger partial charge in [-0.2, -0.15) is 5.10 Å². The first-order valence-corrected chi connectivity index (χ1v) is 8.95. The lowest BCUT2D eigenvalue weighted by Crippen LogP contribution is -2.23. The zero-order valence-corrected chi connectivity index (χ0v) is 15.6. The van der Waals surface area contributed by atoms with Crippen molar-refractivity contribution >= 4 is 23.4 Å². The highest BCUT2D eigenvalue weighted by atomic mass is 32.2. The largest absolute Gasteiger partial charge is 0.321 e. The highest BCUT2D eigenvalue weighted by Gasteiger charge is 2.09. The van der Waals surface area contributed by atoms with Crippen LogP contribution in [0.1, 0.15) is 21.6 Å². The number of amides is 1. The Kier molecular flexibility index (Phi) is 5.23. The minimum absolute atomic E-state index is 0.195. The Labute approximate surface area is 156 Å². The molecule has 2 aromatic carbocycles. The number of aryl methyl sites for hydroxylation is 3. The van der Waals surface area contributed by atoms with Crippen LogP contribution >= 0.6 is 11.8 Å². The molecule has 3 rings (SSSR count). The third-order valence-corrected chi connectivity index (χ3v) is 5.05. The summed E-state index contributed by atoms with van der Waals surface area (Å²) in [5.74, 6) is -0.351. The average molecular weight is 365 g/mol. The summed E-state index contributed by atoms with van der Waals surface area (Å²) in [6, 6.07) is 16.8. The van der Waals surface area contributed by atoms with Gasteiger partial charge in [0.1, 0.15) is 5.69 Å². The van der Waals surface area contributed by atoms with E-state index in [1.165, 1.54) is 35.2 Å². The van der Waals surface area contributed by atoms with Crippen molar-refractivity contribution < 1.29 is 4.79 Å². The third-order valence-electron chi connectivity index (χ3n) is 3.86. The van der Waals surface area contributed by atoms with Gasteiger partial charge in [0.2, 0.25) is 0 Å². The van der Waals surface area contributed by atoms with E-state index in [1.54, 1.807) is 11.8 Å². The van der Waals surface area contributed by atoms with Crippen LogP contribution in [0.2, 0.25) is 0 Å². The molecule has 0 spiro atoms. The number of rotatable bonds is 4. The van der Waals surface area contributed by atoms with E-state index in [9.17, 15) is 9.59 Å². The van der Waals surface area contributed by atoms with Crippen LogP contribution in [0.25, 0.3) is 0 Å². The highest BCUT2D eigenvalue weighted by Crippen LogP contribution is 2.31. The minimum Gasteiger partial charge on any atom is -0.321 e. The summed E-state index contributed by atoms with van der Waals surface area (Å²) < 4.78 is 1.14. The number of hydrogen-bond acceptors (Lipinski definition) is 4. The monoisotopic (exact) mass is 365 g/mol. The maximum absolute atomic E-state index is 12.2. The SMILES string of the molecule is Cc1ccc(Sc2ccc(NC(=O)c3ccc(=O)n(C)n3)cc2)c(C)c1. The molecule has 0 atom stereocenters. The molecule has 1 aromatic heterocycles. The lowest BCUT2D eigenvalue weighted by molar-refractivity contribution is 0.102. The number of nitrogens with zero attached hydrogens (tertiary/aromatic N) is 2. The van der Waals surface area contributed by atoms with Gasteiger partial charge in [0.15, 0.2) is 0 Å². The molecule has 3 aromatic rings. The van der Waals surface area contributed by atoms with Crippen molar-refractivity contribution in [3.63, 3.8) is 0 Å². The second kappa shape index (κ2) is 7.58. The number of nitrogens with one attached hydrogen (secondary N) is 1. The van der Waals surface area contributed by atoms with Gasteiger partial charge in [-0.05, 0) is 55.8 Å². The van der Waals surface area contributed by atoms with Gasteiger partial charge in [-0.15, -0.1) is 0 Å². The molecule has 132 valence electrons. The Morgan fingerprint density at radius 1 is 1.04 bits per heavy atom. The Bertz CT molecular complexity index is 1010. The topological polar surface area (TPSA) is 64.0 Å². The van der Waals surface area contributed by atoms with Crippen molar-refractivity contribution in [1.82, 2.24) is 9.78 Å². The maximum Gasteiger partial charge on any atom is 0.276 e. The summed E-state index contributed by atoms with van der Waals surface area (Å²) in [6.45, 7) is 4.18. The lowest BCUT2D eigenvalue weighted by atomic mass is 10.2. The standard InChI is InChI=1S/C20H19N3O2S/c1-13-4-10-18(14(2)12-13)26-16-7-5-15(6-8-16)21-20(25)17-9-11-19(24)23(3)22-17/h4-12H,1-3H3,(H,21,25). The molecule has 5 nitrogen and oxygen atoms in total. The predicted molar refractivity (Wildman–Crippen MR) is 104 cm³/mol. The van der Waals surface area contributed by atoms with Crippen LogP contribution in [-0.4, -0.2) is 15.7 Å². The second-order valence-electron chi connectivity index (χ2n) is 6.03. The molecule has 0 radical (unpaired) electrons. The van der Waals surface area contributed by atoms with Crippen molar-refractivity contribution in [2.45, 2.75) is 23.6 Å². The molecule has 0 saturated carbocycles. The molecule has 26 heavy (non-hydrogen) atoms. The van der Waals surface area contributed by atoms with Gasteiger partial charge in [-0.25, -0.2) is 4.68 Å². The minimum atomic E-state index is -0.351. The Hall–Kier alpha value is -2.86. The van der Waals surface area contributed by atoms with Crippen LogP contribution in [-0.2, 0) is 7.05 Å². The molecule has 0 fully saturated rings. The van der Waals surface area contributed by atoms with E-state index in [0.29, 0.717) is 5.69 Å². The van der Waals surface area contributed by atoms with Crippen LogP contribution in [0.15, 0.2) is 69.2 Å². The van der Waals surface area contributed by atoms with Crippen LogP contribution in [0, 0.1) is 13.8 Å². The Balaban J connectivity index is 1.70. The summed E-state index contributed by atoms with van der Waals surface area (Å²) in [5, 5.41) is 6.74. The number of aromatic nitrogens is 2. The van der Waals surface area contributed by atoms with Crippen molar-refractivity contribution in [3.05, 3.63) is 81.8 Å². The first-order valence-electron chi connectivity index (χ1n) is 8.13. The third kappa shape index (κ3) is 4.21. The van der Waals surface area contributed by atoms with Crippen LogP contribution < -0.4 is 10.9 Å². The summed E-state index contributed by atoms with van der Waals surface area (Å²) >= 11 is 1.69. The second-order valence-corrected chi connectivity index (χ2v) is 7.15. The molecule has 6 heteroatoms. The highest BCUT2D eigenvalue weighted by molar-refractivity contribution is 7.99. The van der Waals surface area contributed by atoms with E-state index in [1.807, 2.05) is 24.3 Å². The van der Waals surface area contributed by atoms with Gasteiger partial charge in [-0.1, -0.05) is 29.5 Å². The molecule has 0 bridgehead atoms. The molecule has 0 unspecified atom stereocenters. The normalized spacial score (nSPS) is 10.6. The fourth-order valence-corrected chi connectivity index (χ4v) is 3.35. The molecule has 0 aliphatic carbocycles. The van der Waals surface area contributed by atoms with Gasteiger partial charge < -0.3 is 5.32 Å². The van der Waals surface area contributed by atoms with E-state index in [2.05, 4.69) is 42.5 Å². The molecule has 1 N–H and O–H groups in total. The molecule has 0 saturated heterocycles. The van der Waals surface area contributed by atoms with E-state index in [-0.39, 0.29) is 17.2 Å². The van der Waals surface area contributed by atoms with Crippen LogP contribution in [0.5, 0.6) is 0 Å². The fraction of sp³-hybridized carbons (Fsp3) is 0.150. The quantitative estimate of drug-likeness (QED) is 0.764. The maximum atomic E-state index is 12.2. The van der Waals surface area contributed by atoms with Gasteiger partial charge in [0.05, 0.1) is 0 Å². The van der Waals surface area contributed by atoms with Gasteiger partial charge >= 0.3 is 0 Å². The first kappa shape index (κ1) is 17.9. The van der Waals surface area contributed by atoms with Crippen molar-refractivity contribution in [2.24, 2.45) is 7.05 Å². The van der Waals surface area contributed by atoms with E-state index < -0.39 is 0 Å². The first-order chi connectivity index (χ1) is 12.4. The fourth-order valence-electron chi connectivity index (χ4n) is 2.47. The van der Waals surface area contributed by atoms with Crippen LogP contribution in [0.3, 0.4) is 0 Å². The van der Waals surface area contributed by atoms with Gasteiger partial charge in [-0.3, -0.25) is 9.59 Å². The molecular formula is C20H19N3O2S. The summed E-state index contributed by atoms with van der Waals surface area (Å²) in [5.41, 5.74) is 3.11. The molecular weight excluding hydrogens is 346 g/mol. The number of anilines is 1. The number of carbonyl (C=O) groups is 1. The number of hydrogen-bond donors (Lipinski definition) is 1. The van der Waals surface area contributed by atoms with Crippen molar-refractivity contribution in [3.8, 4) is 0 Å². The summed E-state index contributed by atoms with van der Waals surface area (Å²) in [4.78, 5) is 25.9. The summed E-state index contributed by atoms with van der Waals surface area (Å²) in [6.07, 6.45) is 0. The van der Waals surface area contributed by atoms with Crippen molar-refractivity contribution in [1.29, 1.82) is 0 Å². The number of carbonyl (C=O) groups excluding carboxylic acids is 1. The lowest BCUT2D eigenvalue weighted by Gasteiger charge is -2.08. The van der Waals surface area contributed by atoms with E-state index in [4.69, 9.17) is 0 Å². The molecule has 0 aliphatic heterocycles. The molecule has 0 aliphatic rings. The zero-order chi connectivity index (χ0) is 18.7. The zero-order valence-electron chi connectivity index (χ0n) is 14.8.